The number of aryl methyl sites for hydroxylation is 2. The Morgan fingerprint density at radius 2 is 1.94 bits per heavy atom. The first-order valence-corrected chi connectivity index (χ1v) is 12.4. The first-order chi connectivity index (χ1) is 16.4. The third-order valence-corrected chi connectivity index (χ3v) is 6.71. The Labute approximate surface area is 203 Å². The number of fused-ring (bicyclic) bond motifs is 1. The number of methoxy groups -OCH3 is 1. The van der Waals surface area contributed by atoms with Crippen molar-refractivity contribution in [2.24, 2.45) is 0 Å². The molecule has 3 aromatic rings. The van der Waals surface area contributed by atoms with E-state index in [1.807, 2.05) is 35.2 Å². The van der Waals surface area contributed by atoms with Gasteiger partial charge in [0, 0.05) is 51.1 Å². The highest BCUT2D eigenvalue weighted by Gasteiger charge is 2.31. The molecule has 1 aliphatic heterocycles. The molecule has 3 heterocycles. The number of amides is 2. The first kappa shape index (κ1) is 23.8. The molecule has 2 aromatic heterocycles. The number of aromatic nitrogens is 3. The summed E-state index contributed by atoms with van der Waals surface area (Å²) in [6.07, 6.45) is 5.03. The molecule has 9 heteroatoms. The Balaban J connectivity index is 1.60. The van der Waals surface area contributed by atoms with Crippen molar-refractivity contribution in [2.45, 2.75) is 31.0 Å². The zero-order chi connectivity index (χ0) is 24.2. The third-order valence-electron chi connectivity index (χ3n) is 6.00. The summed E-state index contributed by atoms with van der Waals surface area (Å²) in [5.41, 5.74) is 4.04. The molecule has 34 heavy (non-hydrogen) atoms. The van der Waals surface area contributed by atoms with Gasteiger partial charge in [-0.3, -0.25) is 14.3 Å². The average Bonchev–Trinajstić information content (AvgIpc) is 3.24. The van der Waals surface area contributed by atoms with Gasteiger partial charge in [0.25, 0.3) is 11.8 Å². The molecular weight excluding hydrogens is 450 g/mol. The van der Waals surface area contributed by atoms with Crippen molar-refractivity contribution in [3.8, 4) is 5.75 Å². The second-order valence-electron chi connectivity index (χ2n) is 8.33. The first-order valence-electron chi connectivity index (χ1n) is 11.1. The van der Waals surface area contributed by atoms with Crippen LogP contribution in [0.4, 0.5) is 0 Å². The number of hydrogen-bond acceptors (Lipinski definition) is 6. The normalized spacial score (nSPS) is 12.9. The van der Waals surface area contributed by atoms with Crippen molar-refractivity contribution in [3.05, 3.63) is 70.7 Å². The minimum Gasteiger partial charge on any atom is -0.497 e. The number of rotatable bonds is 7. The lowest BCUT2D eigenvalue weighted by atomic mass is 10.0. The smallest absolute Gasteiger partial charge is 0.274 e. The lowest BCUT2D eigenvalue weighted by molar-refractivity contribution is 0.0722. The largest absolute Gasteiger partial charge is 0.497 e. The summed E-state index contributed by atoms with van der Waals surface area (Å²) >= 11 is 1.45. The molecule has 0 spiro atoms. The quantitative estimate of drug-likeness (QED) is 0.485. The molecule has 8 nitrogen and oxygen atoms in total. The van der Waals surface area contributed by atoms with Gasteiger partial charge in [0.05, 0.1) is 19.2 Å². The number of carbonyl (C=O) groups is 2. The van der Waals surface area contributed by atoms with Crippen LogP contribution in [0.25, 0.3) is 0 Å². The molecule has 178 valence electrons. The SMILES string of the molecule is COc1ccc(CCn2nc(C(=O)N(C)C)c3c2CCN(C(=O)c2cccnc2SC)C3)cc1. The summed E-state index contributed by atoms with van der Waals surface area (Å²) < 4.78 is 7.18. The molecule has 0 N–H and O–H groups in total. The van der Waals surface area contributed by atoms with Gasteiger partial charge in [-0.05, 0) is 42.5 Å². The molecule has 0 aliphatic carbocycles. The molecule has 0 atom stereocenters. The minimum absolute atomic E-state index is 0.0719. The number of pyridine rings is 1. The molecular formula is C25H29N5O3S. The summed E-state index contributed by atoms with van der Waals surface area (Å²) in [4.78, 5) is 33.9. The monoisotopic (exact) mass is 479 g/mol. The molecule has 1 aromatic carbocycles. The van der Waals surface area contributed by atoms with Gasteiger partial charge in [-0.15, -0.1) is 11.8 Å². The molecule has 0 radical (unpaired) electrons. The fourth-order valence-electron chi connectivity index (χ4n) is 4.15. The van der Waals surface area contributed by atoms with Gasteiger partial charge in [-0.1, -0.05) is 12.1 Å². The average molecular weight is 480 g/mol. The van der Waals surface area contributed by atoms with Crippen LogP contribution in [-0.4, -0.2) is 70.4 Å². The Morgan fingerprint density at radius 1 is 1.18 bits per heavy atom. The lowest BCUT2D eigenvalue weighted by Gasteiger charge is -2.28. The van der Waals surface area contributed by atoms with Crippen molar-refractivity contribution in [2.75, 3.05) is 34.0 Å². The second-order valence-corrected chi connectivity index (χ2v) is 9.13. The Bertz CT molecular complexity index is 1190. The molecule has 1 aliphatic rings. The highest BCUT2D eigenvalue weighted by Crippen LogP contribution is 2.27. The molecule has 0 fully saturated rings. The van der Waals surface area contributed by atoms with Crippen LogP contribution in [0.5, 0.6) is 5.75 Å². The number of benzene rings is 1. The van der Waals surface area contributed by atoms with Gasteiger partial charge in [-0.25, -0.2) is 4.98 Å². The standard InChI is InChI=1S/C25H29N5O3S/c1-28(2)25(32)22-20-16-29(24(31)19-6-5-13-26-23(19)34-4)14-12-21(20)30(27-22)15-11-17-7-9-18(33-3)10-8-17/h5-10,13H,11-12,14-16H2,1-4H3. The number of hydrogen-bond donors (Lipinski definition) is 0. The van der Waals surface area contributed by atoms with E-state index in [0.29, 0.717) is 42.3 Å². The van der Waals surface area contributed by atoms with Crippen LogP contribution in [0.2, 0.25) is 0 Å². The van der Waals surface area contributed by atoms with Gasteiger partial charge in [0.15, 0.2) is 5.69 Å². The van der Waals surface area contributed by atoms with E-state index in [1.54, 1.807) is 44.4 Å². The maximum atomic E-state index is 13.3. The highest BCUT2D eigenvalue weighted by molar-refractivity contribution is 7.98. The summed E-state index contributed by atoms with van der Waals surface area (Å²) in [6.45, 7) is 1.58. The van der Waals surface area contributed by atoms with Gasteiger partial charge in [-0.2, -0.15) is 5.10 Å². The van der Waals surface area contributed by atoms with Crippen LogP contribution >= 0.6 is 11.8 Å². The zero-order valence-electron chi connectivity index (χ0n) is 19.9. The minimum atomic E-state index is -0.153. The van der Waals surface area contributed by atoms with E-state index in [0.717, 1.165) is 23.4 Å². The van der Waals surface area contributed by atoms with Gasteiger partial charge >= 0.3 is 0 Å². The predicted octanol–water partition coefficient (Wildman–Crippen LogP) is 3.15. The summed E-state index contributed by atoms with van der Waals surface area (Å²) in [7, 11) is 5.09. The maximum absolute atomic E-state index is 13.3. The van der Waals surface area contributed by atoms with Crippen LogP contribution in [0.3, 0.4) is 0 Å². The van der Waals surface area contributed by atoms with Crippen LogP contribution in [0.15, 0.2) is 47.6 Å². The van der Waals surface area contributed by atoms with E-state index < -0.39 is 0 Å². The highest BCUT2D eigenvalue weighted by atomic mass is 32.2. The molecule has 0 saturated heterocycles. The van der Waals surface area contributed by atoms with Crippen molar-refractivity contribution in [1.29, 1.82) is 0 Å². The molecule has 0 saturated carbocycles. The number of nitrogens with zero attached hydrogens (tertiary/aromatic N) is 5. The van der Waals surface area contributed by atoms with Crippen LogP contribution in [0, 0.1) is 0 Å². The van der Waals surface area contributed by atoms with Gasteiger partial charge < -0.3 is 14.5 Å². The number of thioether (sulfide) groups is 1. The second kappa shape index (κ2) is 10.3. The third kappa shape index (κ3) is 4.79. The maximum Gasteiger partial charge on any atom is 0.274 e. The summed E-state index contributed by atoms with van der Waals surface area (Å²) in [5.74, 6) is 0.597. The van der Waals surface area contributed by atoms with Crippen molar-refractivity contribution in [1.82, 2.24) is 24.6 Å². The summed E-state index contributed by atoms with van der Waals surface area (Å²) in [6, 6.07) is 11.6. The van der Waals surface area contributed by atoms with E-state index in [4.69, 9.17) is 9.84 Å². The zero-order valence-corrected chi connectivity index (χ0v) is 20.8. The predicted molar refractivity (Wildman–Crippen MR) is 131 cm³/mol. The van der Waals surface area contributed by atoms with E-state index in [1.165, 1.54) is 22.2 Å². The van der Waals surface area contributed by atoms with Crippen LogP contribution < -0.4 is 4.74 Å². The van der Waals surface area contributed by atoms with Gasteiger partial charge in [0.2, 0.25) is 0 Å². The Kier molecular flexibility index (Phi) is 7.21. The van der Waals surface area contributed by atoms with Crippen molar-refractivity contribution < 1.29 is 14.3 Å². The van der Waals surface area contributed by atoms with Crippen molar-refractivity contribution >= 4 is 23.6 Å². The van der Waals surface area contributed by atoms with Crippen LogP contribution in [-0.2, 0) is 25.9 Å². The molecule has 2 amide bonds. The number of carbonyl (C=O) groups excluding carboxylic acids is 2. The molecule has 4 rings (SSSR count). The van der Waals surface area contributed by atoms with E-state index in [-0.39, 0.29) is 11.8 Å². The van der Waals surface area contributed by atoms with E-state index in [9.17, 15) is 9.59 Å². The fraction of sp³-hybridized carbons (Fsp3) is 0.360. The fourth-order valence-corrected chi connectivity index (χ4v) is 4.69. The topological polar surface area (TPSA) is 80.6 Å². The summed E-state index contributed by atoms with van der Waals surface area (Å²) in [5, 5.41) is 5.41. The number of ether oxygens (including phenoxy) is 1. The van der Waals surface area contributed by atoms with Crippen LogP contribution in [0.1, 0.15) is 37.7 Å². The lowest BCUT2D eigenvalue weighted by Crippen LogP contribution is -2.37. The Hall–Kier alpha value is -3.33. The Morgan fingerprint density at radius 3 is 2.62 bits per heavy atom. The van der Waals surface area contributed by atoms with E-state index >= 15 is 0 Å². The molecule has 0 bridgehead atoms. The van der Waals surface area contributed by atoms with Gasteiger partial charge in [0.1, 0.15) is 10.8 Å². The molecule has 0 unspecified atom stereocenters. The van der Waals surface area contributed by atoms with Crippen molar-refractivity contribution in [3.63, 3.8) is 0 Å². The van der Waals surface area contributed by atoms with E-state index in [2.05, 4.69) is 4.98 Å².